The maximum absolute atomic E-state index is 11.7. The molecule has 1 aromatic carbocycles. The van der Waals surface area contributed by atoms with E-state index < -0.39 is 8.87 Å². The third-order valence-electron chi connectivity index (χ3n) is 1.90. The molecule has 0 aromatic heterocycles. The van der Waals surface area contributed by atoms with Crippen LogP contribution in [-0.4, -0.2) is 20.7 Å². The predicted octanol–water partition coefficient (Wildman–Crippen LogP) is 2.19. The van der Waals surface area contributed by atoms with Crippen molar-refractivity contribution in [3.05, 3.63) is 29.8 Å². The summed E-state index contributed by atoms with van der Waals surface area (Å²) in [7, 11) is -2.23. The van der Waals surface area contributed by atoms with Crippen molar-refractivity contribution < 1.29 is 8.42 Å². The molecule has 0 amide bonds. The quantitative estimate of drug-likeness (QED) is 0.664. The van der Waals surface area contributed by atoms with Crippen LogP contribution in [0.1, 0.15) is 12.0 Å². The molecule has 0 aliphatic rings. The van der Waals surface area contributed by atoms with Crippen molar-refractivity contribution in [3.63, 3.8) is 0 Å². The molecule has 2 N–H and O–H groups in total. The van der Waals surface area contributed by atoms with Gasteiger partial charge in [-0.2, -0.15) is 0 Å². The third-order valence-corrected chi connectivity index (χ3v) is 5.52. The summed E-state index contributed by atoms with van der Waals surface area (Å²) in [5.41, 5.74) is 6.36. The maximum Gasteiger partial charge on any atom is 0.229 e. The average molecular weight is 282 g/mol. The molecule has 0 bridgehead atoms. The monoisotopic (exact) mass is 281 g/mol. The first-order chi connectivity index (χ1) is 7.06. The molecule has 0 radical (unpaired) electrons. The van der Waals surface area contributed by atoms with E-state index in [-0.39, 0.29) is 12.4 Å². The summed E-state index contributed by atoms with van der Waals surface area (Å²) in [6.45, 7) is 2.45. The molecular formula is C10H16ClNO2S2. The van der Waals surface area contributed by atoms with Crippen molar-refractivity contribution in [2.75, 3.05) is 12.3 Å². The Bertz CT molecular complexity index is 403. The minimum absolute atomic E-state index is 0. The van der Waals surface area contributed by atoms with E-state index in [0.717, 1.165) is 22.8 Å². The normalized spacial score (nSPS) is 10.9. The van der Waals surface area contributed by atoms with Crippen LogP contribution in [-0.2, 0) is 8.87 Å². The Balaban J connectivity index is 0.00000225. The first-order valence-electron chi connectivity index (χ1n) is 4.72. The van der Waals surface area contributed by atoms with Crippen molar-refractivity contribution in [3.8, 4) is 0 Å². The molecule has 92 valence electrons. The highest BCUT2D eigenvalue weighted by Gasteiger charge is 2.13. The van der Waals surface area contributed by atoms with Gasteiger partial charge in [-0.05, 0) is 42.8 Å². The molecule has 0 saturated heterocycles. The predicted molar refractivity (Wildman–Crippen MR) is 71.7 cm³/mol. The zero-order valence-corrected chi connectivity index (χ0v) is 11.5. The molecule has 16 heavy (non-hydrogen) atoms. The topological polar surface area (TPSA) is 60.2 Å². The van der Waals surface area contributed by atoms with E-state index in [9.17, 15) is 8.42 Å². The summed E-state index contributed by atoms with van der Waals surface area (Å²) < 4.78 is 23.5. The van der Waals surface area contributed by atoms with Gasteiger partial charge in [0.2, 0.25) is 8.87 Å². The Morgan fingerprint density at radius 1 is 1.25 bits per heavy atom. The number of benzene rings is 1. The fraction of sp³-hybridized carbons (Fsp3) is 0.400. The molecule has 1 aromatic rings. The van der Waals surface area contributed by atoms with E-state index in [1.807, 2.05) is 6.92 Å². The highest BCUT2D eigenvalue weighted by molar-refractivity contribution is 8.72. The molecule has 1 rings (SSSR count). The van der Waals surface area contributed by atoms with E-state index in [1.54, 1.807) is 24.3 Å². The highest BCUT2D eigenvalue weighted by atomic mass is 35.5. The summed E-state index contributed by atoms with van der Waals surface area (Å²) in [5, 5.41) is 0. The second-order valence-electron chi connectivity index (χ2n) is 3.23. The number of hydrogen-bond donors (Lipinski definition) is 1. The lowest BCUT2D eigenvalue weighted by Gasteiger charge is -2.03. The standard InChI is InChI=1S/C10H15NO2S2.ClH/c1-9-3-5-10(6-4-9)15(12,13)14-8-2-7-11;/h3-6H,2,7-8,11H2,1H3;1H. The lowest BCUT2D eigenvalue weighted by atomic mass is 10.2. The largest absolute Gasteiger partial charge is 0.330 e. The summed E-state index contributed by atoms with van der Waals surface area (Å²) >= 11 is 0. The Kier molecular flexibility index (Phi) is 7.06. The average Bonchev–Trinajstić information content (AvgIpc) is 2.18. The van der Waals surface area contributed by atoms with E-state index in [4.69, 9.17) is 5.73 Å². The van der Waals surface area contributed by atoms with Crippen molar-refractivity contribution in [2.24, 2.45) is 5.73 Å². The molecule has 0 aliphatic heterocycles. The van der Waals surface area contributed by atoms with Gasteiger partial charge >= 0.3 is 0 Å². The van der Waals surface area contributed by atoms with Crippen LogP contribution in [0.15, 0.2) is 29.2 Å². The second kappa shape index (κ2) is 7.17. The number of halogens is 1. The van der Waals surface area contributed by atoms with Crippen LogP contribution in [0.3, 0.4) is 0 Å². The van der Waals surface area contributed by atoms with Crippen LogP contribution < -0.4 is 5.73 Å². The number of nitrogens with two attached hydrogens (primary N) is 1. The van der Waals surface area contributed by atoms with Crippen LogP contribution >= 0.6 is 23.2 Å². The van der Waals surface area contributed by atoms with Gasteiger partial charge in [0.25, 0.3) is 0 Å². The van der Waals surface area contributed by atoms with Gasteiger partial charge in [0.1, 0.15) is 0 Å². The molecule has 0 atom stereocenters. The van der Waals surface area contributed by atoms with Gasteiger partial charge in [-0.3, -0.25) is 0 Å². The lowest BCUT2D eigenvalue weighted by Crippen LogP contribution is -2.02. The lowest BCUT2D eigenvalue weighted by molar-refractivity contribution is 0.610. The Labute approximate surface area is 107 Å². The third kappa shape index (κ3) is 4.74. The summed E-state index contributed by atoms with van der Waals surface area (Å²) in [4.78, 5) is 0.370. The van der Waals surface area contributed by atoms with Crippen LogP contribution in [0.25, 0.3) is 0 Å². The molecule has 0 spiro atoms. The van der Waals surface area contributed by atoms with Crippen LogP contribution in [0.5, 0.6) is 0 Å². The highest BCUT2D eigenvalue weighted by Crippen LogP contribution is 2.23. The number of aryl methyl sites for hydroxylation is 1. The van der Waals surface area contributed by atoms with Gasteiger partial charge in [0.05, 0.1) is 4.90 Å². The SMILES string of the molecule is Cc1ccc(S(=O)(=O)SCCCN)cc1.Cl. The van der Waals surface area contributed by atoms with Crippen LogP contribution in [0.4, 0.5) is 0 Å². The van der Waals surface area contributed by atoms with Gasteiger partial charge in [0, 0.05) is 5.75 Å². The Morgan fingerprint density at radius 3 is 2.31 bits per heavy atom. The summed E-state index contributed by atoms with van der Waals surface area (Å²) in [5.74, 6) is 0.548. The van der Waals surface area contributed by atoms with Crippen molar-refractivity contribution in [1.29, 1.82) is 0 Å². The van der Waals surface area contributed by atoms with Gasteiger partial charge in [-0.1, -0.05) is 17.7 Å². The van der Waals surface area contributed by atoms with E-state index in [0.29, 0.717) is 17.2 Å². The van der Waals surface area contributed by atoms with Crippen LogP contribution in [0, 0.1) is 6.92 Å². The molecule has 0 fully saturated rings. The zero-order chi connectivity index (χ0) is 11.3. The van der Waals surface area contributed by atoms with Gasteiger partial charge in [-0.25, -0.2) is 8.42 Å². The van der Waals surface area contributed by atoms with Gasteiger partial charge < -0.3 is 5.73 Å². The van der Waals surface area contributed by atoms with E-state index in [1.165, 1.54) is 0 Å². The molecule has 0 heterocycles. The summed E-state index contributed by atoms with van der Waals surface area (Å²) in [6, 6.07) is 6.88. The second-order valence-corrected chi connectivity index (χ2v) is 7.28. The minimum Gasteiger partial charge on any atom is -0.330 e. The Hall–Kier alpha value is -0.230. The fourth-order valence-corrected chi connectivity index (χ4v) is 3.89. The van der Waals surface area contributed by atoms with E-state index in [2.05, 4.69) is 0 Å². The number of hydrogen-bond acceptors (Lipinski definition) is 4. The van der Waals surface area contributed by atoms with Crippen LogP contribution in [0.2, 0.25) is 0 Å². The van der Waals surface area contributed by atoms with Crippen molar-refractivity contribution in [2.45, 2.75) is 18.2 Å². The summed E-state index contributed by atoms with van der Waals surface area (Å²) in [6.07, 6.45) is 0.718. The molecule has 0 aliphatic carbocycles. The molecule has 6 heteroatoms. The molecular weight excluding hydrogens is 266 g/mol. The van der Waals surface area contributed by atoms with Crippen molar-refractivity contribution in [1.82, 2.24) is 0 Å². The molecule has 3 nitrogen and oxygen atoms in total. The first-order valence-corrected chi connectivity index (χ1v) is 7.71. The zero-order valence-electron chi connectivity index (χ0n) is 9.05. The number of rotatable bonds is 5. The van der Waals surface area contributed by atoms with Gasteiger partial charge in [-0.15, -0.1) is 12.4 Å². The van der Waals surface area contributed by atoms with Gasteiger partial charge in [0.15, 0.2) is 0 Å². The maximum atomic E-state index is 11.7. The molecule has 0 unspecified atom stereocenters. The minimum atomic E-state index is -3.19. The molecule has 0 saturated carbocycles. The van der Waals surface area contributed by atoms with Crippen molar-refractivity contribution >= 4 is 32.1 Å². The first kappa shape index (κ1) is 15.8. The van der Waals surface area contributed by atoms with E-state index >= 15 is 0 Å². The Morgan fingerprint density at radius 2 is 1.81 bits per heavy atom. The smallest absolute Gasteiger partial charge is 0.229 e. The fourth-order valence-electron chi connectivity index (χ4n) is 1.02.